The van der Waals surface area contributed by atoms with Gasteiger partial charge >= 0.3 is 5.97 Å². The van der Waals surface area contributed by atoms with Crippen LogP contribution in [0.3, 0.4) is 0 Å². The topological polar surface area (TPSA) is 238 Å². The van der Waals surface area contributed by atoms with Crippen molar-refractivity contribution in [3.05, 3.63) is 134 Å². The number of amides is 4. The zero-order valence-electron chi connectivity index (χ0n) is 47.0. The molecule has 6 heterocycles. The highest BCUT2D eigenvalue weighted by Crippen LogP contribution is 2.40. The van der Waals surface area contributed by atoms with Crippen molar-refractivity contribution in [1.82, 2.24) is 40.6 Å². The summed E-state index contributed by atoms with van der Waals surface area (Å²) in [6, 6.07) is 18.1. The number of likely N-dealkylation sites (tertiary alicyclic amines) is 1. The average Bonchev–Trinajstić information content (AvgIpc) is 4.45. The fourth-order valence-electron chi connectivity index (χ4n) is 10.6. The van der Waals surface area contributed by atoms with Gasteiger partial charge in [0.15, 0.2) is 11.6 Å². The first-order valence-electron chi connectivity index (χ1n) is 27.2. The molecule has 21 heteroatoms. The van der Waals surface area contributed by atoms with Gasteiger partial charge in [-0.05, 0) is 99.0 Å². The second-order valence-corrected chi connectivity index (χ2v) is 25.4. The molecule has 5 N–H and O–H groups in total. The van der Waals surface area contributed by atoms with Crippen LogP contribution in [-0.4, -0.2) is 103 Å². The maximum atomic E-state index is 14.9. The quantitative estimate of drug-likeness (QED) is 0.0662. The number of aliphatic imine (C=N–C) groups is 1. The molecule has 81 heavy (non-hydrogen) atoms. The SMILES string of the molecule is Cc1ncsc1-c1ccc([C@H](C)NC(=O)[C@@H]2C[C@@H](OC(=O)[C@@H](N)C(C)C)CN2C(=O)C(NC(=O)c2cc3cc(O[C@H]4C[C@@H](NC(=O)C[C@@H]5N=C(c6ccc(Cl)cc6)c6c(sc(C)c6C)-n6c(C)nnc65)C4)ccc3o2)C(C)(C)C)cc1. The molecule has 1 saturated heterocycles. The number of benzene rings is 3. The predicted octanol–water partition coefficient (Wildman–Crippen LogP) is 9.61. The summed E-state index contributed by atoms with van der Waals surface area (Å²) < 4.78 is 20.3. The molecule has 4 amide bonds. The standard InChI is InChI=1S/C60H67ClN10O8S2/c1-29(2)50(62)59(76)78-43-25-45(55(73)64-31(4)35-11-13-37(14-12-35)52-32(5)63-28-80-52)70(27-43)57(75)53(60(8,9)10)67-56(74)47-22-38-21-41(19-20-46(38)79-47)77-42-23-40(24-42)65-48(72)26-44-54-69-68-34(7)71(54)58-49(30(3)33(6)81-58)51(66-44)36-15-17-39(61)18-16-36/h11-22,28-29,31,40,42-45,50,53H,23-27,62H2,1-10H3,(H,64,73)(H,65,72)(H,67,74)/t31-,40-,42+,43+,44-,45-,50-,53?/m0/s1. The second kappa shape index (κ2) is 22.9. The van der Waals surface area contributed by atoms with Crippen molar-refractivity contribution in [3.63, 3.8) is 0 Å². The number of nitrogens with one attached hydrogen (secondary N) is 3. The third-order valence-corrected chi connectivity index (χ3v) is 17.9. The largest absolute Gasteiger partial charge is 0.490 e. The van der Waals surface area contributed by atoms with E-state index in [4.69, 9.17) is 36.2 Å². The van der Waals surface area contributed by atoms with E-state index in [1.165, 1.54) is 4.90 Å². The minimum atomic E-state index is -1.13. The Hall–Kier alpha value is -7.26. The second-order valence-electron chi connectivity index (χ2n) is 22.9. The summed E-state index contributed by atoms with van der Waals surface area (Å²) in [6.45, 7) is 18.9. The monoisotopic (exact) mass is 1150 g/mol. The van der Waals surface area contributed by atoms with Crippen LogP contribution in [0.25, 0.3) is 26.4 Å². The van der Waals surface area contributed by atoms with Gasteiger partial charge in [-0.3, -0.25) is 33.5 Å². The van der Waals surface area contributed by atoms with Crippen molar-refractivity contribution in [2.75, 3.05) is 6.54 Å². The van der Waals surface area contributed by atoms with Crippen LogP contribution in [0.2, 0.25) is 5.02 Å². The number of nitrogens with zero attached hydrogens (tertiary/aromatic N) is 6. The summed E-state index contributed by atoms with van der Waals surface area (Å²) >= 11 is 9.50. The van der Waals surface area contributed by atoms with E-state index in [-0.39, 0.29) is 49.1 Å². The van der Waals surface area contributed by atoms with Gasteiger partial charge in [-0.15, -0.1) is 32.9 Å². The Kier molecular flexibility index (Phi) is 16.1. The number of furan rings is 1. The van der Waals surface area contributed by atoms with Crippen LogP contribution in [0, 0.1) is 39.0 Å². The van der Waals surface area contributed by atoms with Gasteiger partial charge in [0, 0.05) is 51.7 Å². The number of rotatable bonds is 16. The van der Waals surface area contributed by atoms with E-state index in [1.807, 2.05) is 108 Å². The van der Waals surface area contributed by atoms with Gasteiger partial charge in [-0.1, -0.05) is 82.6 Å². The Morgan fingerprint density at radius 1 is 0.889 bits per heavy atom. The molecule has 1 aliphatic carbocycles. The number of aromatic nitrogens is 4. The predicted molar refractivity (Wildman–Crippen MR) is 312 cm³/mol. The Morgan fingerprint density at radius 3 is 2.28 bits per heavy atom. The Morgan fingerprint density at radius 2 is 1.60 bits per heavy atom. The number of nitrogens with two attached hydrogens (primary N) is 1. The van der Waals surface area contributed by atoms with Crippen LogP contribution in [0.4, 0.5) is 0 Å². The maximum Gasteiger partial charge on any atom is 0.323 e. The molecular weight excluding hydrogens is 1090 g/mol. The maximum absolute atomic E-state index is 14.9. The van der Waals surface area contributed by atoms with Crippen molar-refractivity contribution in [1.29, 1.82) is 0 Å². The smallest absolute Gasteiger partial charge is 0.323 e. The Balaban J connectivity index is 0.781. The van der Waals surface area contributed by atoms with Crippen LogP contribution in [0.15, 0.2) is 87.7 Å². The zero-order valence-corrected chi connectivity index (χ0v) is 49.3. The summed E-state index contributed by atoms with van der Waals surface area (Å²) in [6.07, 6.45) is 0.249. The molecule has 0 spiro atoms. The van der Waals surface area contributed by atoms with E-state index in [2.05, 4.69) is 45.0 Å². The number of aryl methyl sites for hydroxylation is 3. The van der Waals surface area contributed by atoms with Gasteiger partial charge in [0.25, 0.3) is 5.91 Å². The lowest BCUT2D eigenvalue weighted by atomic mass is 9.85. The van der Waals surface area contributed by atoms with Crippen LogP contribution >= 0.6 is 34.3 Å². The van der Waals surface area contributed by atoms with Crippen LogP contribution in [0.5, 0.6) is 5.75 Å². The number of esters is 1. The number of hydrogen-bond acceptors (Lipinski definition) is 15. The van der Waals surface area contributed by atoms with Crippen molar-refractivity contribution < 1.29 is 37.9 Å². The molecule has 3 aliphatic rings. The number of carbonyl (C=O) groups excluding carboxylic acids is 5. The lowest BCUT2D eigenvalue weighted by molar-refractivity contribution is -0.152. The molecule has 18 nitrogen and oxygen atoms in total. The molecule has 7 aromatic rings. The normalized spacial score (nSPS) is 19.8. The van der Waals surface area contributed by atoms with Gasteiger partial charge in [0.05, 0.1) is 40.8 Å². The van der Waals surface area contributed by atoms with Gasteiger partial charge in [0.2, 0.25) is 17.7 Å². The van der Waals surface area contributed by atoms with Gasteiger partial charge < -0.3 is 40.5 Å². The molecule has 1 saturated carbocycles. The third-order valence-electron chi connectivity index (χ3n) is 15.5. The van der Waals surface area contributed by atoms with E-state index in [0.29, 0.717) is 46.2 Å². The number of thiazole rings is 1. The molecule has 4 aromatic heterocycles. The van der Waals surface area contributed by atoms with Crippen LogP contribution in [-0.2, 0) is 23.9 Å². The van der Waals surface area contributed by atoms with Crippen molar-refractivity contribution in [2.24, 2.45) is 22.1 Å². The highest BCUT2D eigenvalue weighted by Gasteiger charge is 2.47. The molecule has 0 bridgehead atoms. The molecular formula is C60H67ClN10O8S2. The number of ether oxygens (including phenoxy) is 2. The van der Waals surface area contributed by atoms with E-state index in [9.17, 15) is 24.0 Å². The number of carbonyl (C=O) groups is 5. The van der Waals surface area contributed by atoms with E-state index >= 15 is 0 Å². The van der Waals surface area contributed by atoms with Gasteiger partial charge in [0.1, 0.15) is 58.5 Å². The number of halogens is 1. The molecule has 3 aromatic carbocycles. The molecule has 1 unspecified atom stereocenters. The molecule has 2 aliphatic heterocycles. The Labute approximate surface area is 483 Å². The molecule has 2 fully saturated rings. The van der Waals surface area contributed by atoms with Crippen molar-refractivity contribution >= 4 is 80.6 Å². The Bertz CT molecular complexity index is 3570. The summed E-state index contributed by atoms with van der Waals surface area (Å²) in [4.78, 5) is 83.5. The minimum Gasteiger partial charge on any atom is -0.490 e. The van der Waals surface area contributed by atoms with E-state index in [1.54, 1.807) is 52.4 Å². The van der Waals surface area contributed by atoms with Crippen molar-refractivity contribution in [2.45, 2.75) is 143 Å². The molecule has 0 radical (unpaired) electrons. The average molecular weight is 1160 g/mol. The van der Waals surface area contributed by atoms with Crippen LogP contribution in [0.1, 0.15) is 134 Å². The summed E-state index contributed by atoms with van der Waals surface area (Å²) in [5.74, 6) is -0.732. The van der Waals surface area contributed by atoms with Crippen molar-refractivity contribution in [3.8, 4) is 21.2 Å². The highest BCUT2D eigenvalue weighted by molar-refractivity contribution is 7.15. The fraction of sp³-hybridized carbons (Fsp3) is 0.417. The number of hydrogen-bond donors (Lipinski definition) is 4. The summed E-state index contributed by atoms with van der Waals surface area (Å²) in [7, 11) is 0. The lowest BCUT2D eigenvalue weighted by Gasteiger charge is -2.36. The first-order valence-corrected chi connectivity index (χ1v) is 29.3. The number of thiophene rings is 1. The third kappa shape index (κ3) is 11.9. The van der Waals surface area contributed by atoms with Crippen LogP contribution < -0.4 is 26.4 Å². The van der Waals surface area contributed by atoms with E-state index in [0.717, 1.165) is 54.0 Å². The summed E-state index contributed by atoms with van der Waals surface area (Å²) in [5.41, 5.74) is 14.1. The first-order chi connectivity index (χ1) is 38.5. The molecule has 10 rings (SSSR count). The zero-order chi connectivity index (χ0) is 57.8. The lowest BCUT2D eigenvalue weighted by Crippen LogP contribution is -2.57. The number of fused-ring (bicyclic) bond motifs is 4. The molecule has 6 atom stereocenters. The minimum absolute atomic E-state index is 0.0290. The molecule has 424 valence electrons. The first kappa shape index (κ1) is 57.0. The van der Waals surface area contributed by atoms with Gasteiger partial charge in [-0.2, -0.15) is 0 Å². The fourth-order valence-corrected chi connectivity index (χ4v) is 12.7. The van der Waals surface area contributed by atoms with Gasteiger partial charge in [-0.25, -0.2) is 4.98 Å². The highest BCUT2D eigenvalue weighted by atomic mass is 35.5. The van der Waals surface area contributed by atoms with E-state index < -0.39 is 65.4 Å². The summed E-state index contributed by atoms with van der Waals surface area (Å²) in [5, 5.41) is 20.3.